The first-order valence-electron chi connectivity index (χ1n) is 5.79. The second-order valence-corrected chi connectivity index (χ2v) is 4.26. The molecule has 7 heteroatoms. The molecule has 0 aliphatic carbocycles. The number of carbonyl (C=O) groups is 1. The van der Waals surface area contributed by atoms with Crippen molar-refractivity contribution >= 4 is 35.7 Å². The van der Waals surface area contributed by atoms with Gasteiger partial charge in [0.05, 0.1) is 19.2 Å². The van der Waals surface area contributed by atoms with Crippen LogP contribution in [0.5, 0.6) is 11.5 Å². The molecule has 0 bridgehead atoms. The zero-order valence-corrected chi connectivity index (χ0v) is 13.0. The Kier molecular flexibility index (Phi) is 6.27. The summed E-state index contributed by atoms with van der Waals surface area (Å²) in [4.78, 5) is 16.1. The molecule has 0 fully saturated rings. The second-order valence-electron chi connectivity index (χ2n) is 3.86. The third-order valence-corrected chi connectivity index (χ3v) is 2.94. The van der Waals surface area contributed by atoms with Crippen molar-refractivity contribution in [3.05, 3.63) is 47.1 Å². The fraction of sp³-hybridized carbons (Fsp3) is 0.143. The molecule has 0 atom stereocenters. The number of aromatic nitrogens is 1. The van der Waals surface area contributed by atoms with Crippen molar-refractivity contribution in [1.82, 2.24) is 4.98 Å². The van der Waals surface area contributed by atoms with Gasteiger partial charge in [-0.3, -0.25) is 4.79 Å². The zero-order valence-electron chi connectivity index (χ0n) is 11.4. The molecule has 0 aliphatic rings. The lowest BCUT2D eigenvalue weighted by Crippen LogP contribution is -2.13. The highest BCUT2D eigenvalue weighted by Gasteiger charge is 2.12. The van der Waals surface area contributed by atoms with Gasteiger partial charge in [-0.15, -0.1) is 12.4 Å². The quantitative estimate of drug-likeness (QED) is 0.934. The van der Waals surface area contributed by atoms with Crippen molar-refractivity contribution in [2.24, 2.45) is 0 Å². The molecule has 0 saturated carbocycles. The number of methoxy groups -OCH3 is 2. The first kappa shape index (κ1) is 17.1. The smallest absolute Gasteiger partial charge is 0.256 e. The van der Waals surface area contributed by atoms with E-state index in [0.717, 1.165) is 0 Å². The summed E-state index contributed by atoms with van der Waals surface area (Å²) in [5.41, 5.74) is 0.421. The van der Waals surface area contributed by atoms with Crippen LogP contribution in [0.1, 0.15) is 10.4 Å². The van der Waals surface area contributed by atoms with E-state index in [0.29, 0.717) is 27.9 Å². The van der Waals surface area contributed by atoms with Crippen LogP contribution in [0, 0.1) is 0 Å². The van der Waals surface area contributed by atoms with E-state index in [1.165, 1.54) is 14.2 Å². The Morgan fingerprint density at radius 1 is 1.19 bits per heavy atom. The van der Waals surface area contributed by atoms with Crippen LogP contribution in [-0.4, -0.2) is 25.1 Å². The fourth-order valence-corrected chi connectivity index (χ4v) is 1.80. The number of hydrogen-bond donors (Lipinski definition) is 1. The van der Waals surface area contributed by atoms with Gasteiger partial charge in [-0.1, -0.05) is 11.6 Å². The van der Waals surface area contributed by atoms with Crippen LogP contribution in [0.4, 0.5) is 5.82 Å². The van der Waals surface area contributed by atoms with Gasteiger partial charge < -0.3 is 14.8 Å². The first-order valence-corrected chi connectivity index (χ1v) is 6.17. The van der Waals surface area contributed by atoms with Gasteiger partial charge >= 0.3 is 0 Å². The van der Waals surface area contributed by atoms with E-state index in [-0.39, 0.29) is 18.3 Å². The maximum atomic E-state index is 12.1. The Balaban J connectivity index is 0.00000220. The fourth-order valence-electron chi connectivity index (χ4n) is 1.63. The molecule has 1 amide bonds. The molecular weight excluding hydrogens is 315 g/mol. The number of amides is 1. The van der Waals surface area contributed by atoms with Crippen LogP contribution in [0.25, 0.3) is 0 Å². The Hall–Kier alpha value is -1.98. The molecule has 0 aliphatic heterocycles. The maximum Gasteiger partial charge on any atom is 0.256 e. The lowest BCUT2D eigenvalue weighted by Gasteiger charge is -2.10. The van der Waals surface area contributed by atoms with Gasteiger partial charge in [0.25, 0.3) is 5.91 Å². The SMILES string of the molecule is COc1ccc(C(=O)Nc2ncccc2Cl)cc1OC.Cl. The molecule has 1 aromatic heterocycles. The number of rotatable bonds is 4. The van der Waals surface area contributed by atoms with Gasteiger partial charge in [0, 0.05) is 11.8 Å². The molecule has 0 unspecified atom stereocenters. The van der Waals surface area contributed by atoms with Gasteiger partial charge in [0.2, 0.25) is 0 Å². The van der Waals surface area contributed by atoms with Crippen LogP contribution >= 0.6 is 24.0 Å². The minimum absolute atomic E-state index is 0. The molecule has 2 rings (SSSR count). The number of halogens is 2. The van der Waals surface area contributed by atoms with Gasteiger partial charge in [-0.05, 0) is 30.3 Å². The van der Waals surface area contributed by atoms with Gasteiger partial charge in [-0.25, -0.2) is 4.98 Å². The number of benzene rings is 1. The number of pyridine rings is 1. The summed E-state index contributed by atoms with van der Waals surface area (Å²) in [7, 11) is 3.04. The lowest BCUT2D eigenvalue weighted by molar-refractivity contribution is 0.102. The predicted octanol–water partition coefficient (Wildman–Crippen LogP) is 3.43. The molecule has 1 heterocycles. The number of nitrogens with one attached hydrogen (secondary N) is 1. The van der Waals surface area contributed by atoms with Crippen LogP contribution in [0.2, 0.25) is 5.02 Å². The molecule has 0 radical (unpaired) electrons. The third kappa shape index (κ3) is 4.00. The van der Waals surface area contributed by atoms with Crippen LogP contribution in [0.3, 0.4) is 0 Å². The van der Waals surface area contributed by atoms with Crippen molar-refractivity contribution in [3.63, 3.8) is 0 Å². The minimum atomic E-state index is -0.327. The van der Waals surface area contributed by atoms with E-state index >= 15 is 0 Å². The van der Waals surface area contributed by atoms with Crippen molar-refractivity contribution < 1.29 is 14.3 Å². The average Bonchev–Trinajstić information content (AvgIpc) is 2.48. The first-order chi connectivity index (χ1) is 9.65. The Labute approximate surface area is 133 Å². The molecule has 0 spiro atoms. The minimum Gasteiger partial charge on any atom is -0.493 e. The lowest BCUT2D eigenvalue weighted by atomic mass is 10.2. The number of hydrogen-bond acceptors (Lipinski definition) is 4. The van der Waals surface area contributed by atoms with E-state index < -0.39 is 0 Å². The Morgan fingerprint density at radius 3 is 2.52 bits per heavy atom. The largest absolute Gasteiger partial charge is 0.493 e. The van der Waals surface area contributed by atoms with Crippen molar-refractivity contribution in [2.75, 3.05) is 19.5 Å². The maximum absolute atomic E-state index is 12.1. The standard InChI is InChI=1S/C14H13ClN2O3.ClH/c1-19-11-6-5-9(8-12(11)20-2)14(18)17-13-10(15)4-3-7-16-13;/h3-8H,1-2H3,(H,16,17,18);1H. The van der Waals surface area contributed by atoms with E-state index in [9.17, 15) is 4.79 Å². The monoisotopic (exact) mass is 328 g/mol. The molecule has 1 aromatic carbocycles. The summed E-state index contributed by atoms with van der Waals surface area (Å²) in [6.07, 6.45) is 1.55. The van der Waals surface area contributed by atoms with E-state index in [2.05, 4.69) is 10.3 Å². The average molecular weight is 329 g/mol. The van der Waals surface area contributed by atoms with E-state index in [4.69, 9.17) is 21.1 Å². The van der Waals surface area contributed by atoms with Gasteiger partial charge in [0.15, 0.2) is 17.3 Å². The molecule has 1 N–H and O–H groups in total. The summed E-state index contributed by atoms with van der Waals surface area (Å²) in [5.74, 6) is 1.02. The summed E-state index contributed by atoms with van der Waals surface area (Å²) >= 11 is 5.94. The molecule has 21 heavy (non-hydrogen) atoms. The van der Waals surface area contributed by atoms with Crippen LogP contribution in [0.15, 0.2) is 36.5 Å². The molecule has 2 aromatic rings. The predicted molar refractivity (Wildman–Crippen MR) is 84.0 cm³/mol. The van der Waals surface area contributed by atoms with Crippen LogP contribution in [-0.2, 0) is 0 Å². The highest BCUT2D eigenvalue weighted by atomic mass is 35.5. The third-order valence-electron chi connectivity index (χ3n) is 2.64. The summed E-state index contributed by atoms with van der Waals surface area (Å²) in [6.45, 7) is 0. The summed E-state index contributed by atoms with van der Waals surface area (Å²) in [5, 5.41) is 3.01. The zero-order chi connectivity index (χ0) is 14.5. The summed E-state index contributed by atoms with van der Waals surface area (Å²) < 4.78 is 10.3. The highest BCUT2D eigenvalue weighted by Crippen LogP contribution is 2.28. The van der Waals surface area contributed by atoms with Crippen molar-refractivity contribution in [3.8, 4) is 11.5 Å². The van der Waals surface area contributed by atoms with Crippen molar-refractivity contribution in [1.29, 1.82) is 0 Å². The molecule has 0 saturated heterocycles. The van der Waals surface area contributed by atoms with Gasteiger partial charge in [0.1, 0.15) is 0 Å². The Bertz CT molecular complexity index is 635. The van der Waals surface area contributed by atoms with Gasteiger partial charge in [-0.2, -0.15) is 0 Å². The van der Waals surface area contributed by atoms with Crippen molar-refractivity contribution in [2.45, 2.75) is 0 Å². The topological polar surface area (TPSA) is 60.5 Å². The highest BCUT2D eigenvalue weighted by molar-refractivity contribution is 6.33. The number of carbonyl (C=O) groups excluding carboxylic acids is 1. The molecule has 112 valence electrons. The normalized spacial score (nSPS) is 9.48. The van der Waals surface area contributed by atoms with E-state index in [1.807, 2.05) is 0 Å². The summed E-state index contributed by atoms with van der Waals surface area (Å²) in [6, 6.07) is 8.22. The number of nitrogens with zero attached hydrogens (tertiary/aromatic N) is 1. The van der Waals surface area contributed by atoms with Crippen LogP contribution < -0.4 is 14.8 Å². The number of ether oxygens (including phenoxy) is 2. The Morgan fingerprint density at radius 2 is 1.90 bits per heavy atom. The molecule has 5 nitrogen and oxygen atoms in total. The molecular formula is C14H14Cl2N2O3. The van der Waals surface area contributed by atoms with E-state index in [1.54, 1.807) is 36.5 Å². The second kappa shape index (κ2) is 7.71. The number of anilines is 1.